The van der Waals surface area contributed by atoms with Crippen LogP contribution in [0.3, 0.4) is 0 Å². The van der Waals surface area contributed by atoms with E-state index >= 15 is 0 Å². The van der Waals surface area contributed by atoms with E-state index in [4.69, 9.17) is 5.73 Å². The van der Waals surface area contributed by atoms with E-state index in [1.807, 2.05) is 0 Å². The summed E-state index contributed by atoms with van der Waals surface area (Å²) in [6.45, 7) is 0. The van der Waals surface area contributed by atoms with Crippen molar-refractivity contribution in [3.63, 3.8) is 0 Å². The fraction of sp³-hybridized carbons (Fsp3) is 0.400. The van der Waals surface area contributed by atoms with Gasteiger partial charge < -0.3 is 10.8 Å². The van der Waals surface area contributed by atoms with E-state index in [2.05, 4.69) is 0 Å². The lowest BCUT2D eigenvalue weighted by Crippen LogP contribution is -2.33. The number of benzene rings is 1. The predicted octanol–water partition coefficient (Wildman–Crippen LogP) is 1.27. The summed E-state index contributed by atoms with van der Waals surface area (Å²) in [6, 6.07) is 1.58. The summed E-state index contributed by atoms with van der Waals surface area (Å²) in [5.41, 5.74) is 6.27. The van der Waals surface area contributed by atoms with Gasteiger partial charge in [0.2, 0.25) is 0 Å². The lowest BCUT2D eigenvalue weighted by atomic mass is 9.86. The van der Waals surface area contributed by atoms with Gasteiger partial charge in [-0.05, 0) is 24.5 Å². The third-order valence-corrected chi connectivity index (χ3v) is 2.63. The molecule has 1 aliphatic carbocycles. The van der Waals surface area contributed by atoms with Gasteiger partial charge in [-0.1, -0.05) is 0 Å². The first-order valence-corrected chi connectivity index (χ1v) is 4.51. The second kappa shape index (κ2) is 3.29. The molecule has 0 saturated heterocycles. The minimum absolute atomic E-state index is 0.158. The smallest absolute Gasteiger partial charge is 0.132 e. The minimum atomic E-state index is -1.01. The van der Waals surface area contributed by atoms with Gasteiger partial charge in [-0.15, -0.1) is 0 Å². The number of hydrogen-bond donors (Lipinski definition) is 2. The molecule has 0 amide bonds. The molecule has 2 unspecified atom stereocenters. The number of halogens is 2. The summed E-state index contributed by atoms with van der Waals surface area (Å²) in [6.07, 6.45) is 0.0543. The Morgan fingerprint density at radius 2 is 2.07 bits per heavy atom. The Hall–Kier alpha value is -1.00. The van der Waals surface area contributed by atoms with Crippen LogP contribution in [-0.2, 0) is 6.42 Å². The van der Waals surface area contributed by atoms with Crippen LogP contribution in [0.15, 0.2) is 12.1 Å². The highest BCUT2D eigenvalue weighted by Crippen LogP contribution is 2.31. The van der Waals surface area contributed by atoms with E-state index < -0.39 is 23.8 Å². The van der Waals surface area contributed by atoms with Crippen molar-refractivity contribution < 1.29 is 13.9 Å². The molecule has 0 fully saturated rings. The van der Waals surface area contributed by atoms with E-state index in [1.54, 1.807) is 0 Å². The molecular formula is C10H11F2NO. The molecule has 4 heteroatoms. The van der Waals surface area contributed by atoms with E-state index in [0.29, 0.717) is 18.4 Å². The Labute approximate surface area is 80.4 Å². The Kier molecular flexibility index (Phi) is 2.25. The monoisotopic (exact) mass is 199 g/mol. The lowest BCUT2D eigenvalue weighted by Gasteiger charge is -2.27. The summed E-state index contributed by atoms with van der Waals surface area (Å²) in [5, 5.41) is 9.61. The number of aliphatic hydroxyl groups is 1. The van der Waals surface area contributed by atoms with Gasteiger partial charge in [-0.2, -0.15) is 0 Å². The summed E-state index contributed by atoms with van der Waals surface area (Å²) in [4.78, 5) is 0. The van der Waals surface area contributed by atoms with Gasteiger partial charge in [0.25, 0.3) is 0 Å². The average Bonchev–Trinajstić information content (AvgIpc) is 2.10. The van der Waals surface area contributed by atoms with E-state index in [-0.39, 0.29) is 5.56 Å². The maximum atomic E-state index is 13.3. The molecule has 76 valence electrons. The van der Waals surface area contributed by atoms with Crippen molar-refractivity contribution in [3.05, 3.63) is 34.9 Å². The molecule has 2 nitrogen and oxygen atoms in total. The second-order valence-electron chi connectivity index (χ2n) is 3.61. The second-order valence-corrected chi connectivity index (χ2v) is 3.61. The zero-order valence-electron chi connectivity index (χ0n) is 7.50. The van der Waals surface area contributed by atoms with Crippen molar-refractivity contribution >= 4 is 0 Å². The number of fused-ring (bicyclic) bond motifs is 1. The zero-order chi connectivity index (χ0) is 10.3. The van der Waals surface area contributed by atoms with Gasteiger partial charge in [-0.25, -0.2) is 8.78 Å². The first-order chi connectivity index (χ1) is 6.59. The summed E-state index contributed by atoms with van der Waals surface area (Å²) < 4.78 is 26.1. The molecule has 0 aromatic heterocycles. The lowest BCUT2D eigenvalue weighted by molar-refractivity contribution is 0.129. The van der Waals surface area contributed by atoms with Crippen molar-refractivity contribution in [2.24, 2.45) is 5.73 Å². The fourth-order valence-corrected chi connectivity index (χ4v) is 1.87. The molecule has 2 atom stereocenters. The molecule has 0 bridgehead atoms. The largest absolute Gasteiger partial charge is 0.387 e. The first-order valence-electron chi connectivity index (χ1n) is 4.51. The molecule has 2 rings (SSSR count). The molecule has 0 heterocycles. The molecular weight excluding hydrogens is 188 g/mol. The van der Waals surface area contributed by atoms with Crippen LogP contribution in [0.2, 0.25) is 0 Å². The van der Waals surface area contributed by atoms with Gasteiger partial charge in [0.1, 0.15) is 11.6 Å². The van der Waals surface area contributed by atoms with Gasteiger partial charge >= 0.3 is 0 Å². The zero-order valence-corrected chi connectivity index (χ0v) is 7.50. The molecule has 1 aromatic carbocycles. The van der Waals surface area contributed by atoms with Crippen LogP contribution >= 0.6 is 0 Å². The highest BCUT2D eigenvalue weighted by Gasteiger charge is 2.28. The molecule has 1 aromatic rings. The van der Waals surface area contributed by atoms with Crippen LogP contribution in [0.1, 0.15) is 23.7 Å². The Bertz CT molecular complexity index is 367. The maximum absolute atomic E-state index is 13.3. The van der Waals surface area contributed by atoms with Crippen molar-refractivity contribution in [3.8, 4) is 0 Å². The van der Waals surface area contributed by atoms with Crippen molar-refractivity contribution in [2.75, 3.05) is 0 Å². The number of nitrogens with two attached hydrogens (primary N) is 1. The maximum Gasteiger partial charge on any atom is 0.132 e. The highest BCUT2D eigenvalue weighted by molar-refractivity contribution is 5.34. The quantitative estimate of drug-likeness (QED) is 0.661. The van der Waals surface area contributed by atoms with Crippen molar-refractivity contribution in [1.82, 2.24) is 0 Å². The summed E-state index contributed by atoms with van der Waals surface area (Å²) >= 11 is 0. The van der Waals surface area contributed by atoms with Gasteiger partial charge in [0, 0.05) is 17.7 Å². The van der Waals surface area contributed by atoms with Crippen molar-refractivity contribution in [1.29, 1.82) is 0 Å². The molecule has 0 saturated carbocycles. The molecule has 14 heavy (non-hydrogen) atoms. The number of aryl methyl sites for hydroxylation is 1. The normalized spacial score (nSPS) is 26.0. The fourth-order valence-electron chi connectivity index (χ4n) is 1.87. The van der Waals surface area contributed by atoms with Crippen LogP contribution in [0.25, 0.3) is 0 Å². The minimum Gasteiger partial charge on any atom is -0.387 e. The first kappa shape index (κ1) is 9.55. The molecule has 0 radical (unpaired) electrons. The van der Waals surface area contributed by atoms with Gasteiger partial charge in [0.15, 0.2) is 0 Å². The molecule has 1 aliphatic rings. The molecule has 0 aliphatic heterocycles. The number of hydrogen-bond acceptors (Lipinski definition) is 2. The standard InChI is InChI=1S/C10H11F2NO/c11-6-3-5-1-2-8(13)10(14)9(5)7(12)4-6/h3-4,8,10,14H,1-2,13H2. The van der Waals surface area contributed by atoms with E-state index in [1.165, 1.54) is 6.07 Å². The topological polar surface area (TPSA) is 46.2 Å². The number of aliphatic hydroxyl groups excluding tert-OH is 1. The Balaban J connectivity index is 2.54. The summed E-state index contributed by atoms with van der Waals surface area (Å²) in [7, 11) is 0. The molecule has 0 spiro atoms. The van der Waals surface area contributed by atoms with Crippen LogP contribution in [0.4, 0.5) is 8.78 Å². The average molecular weight is 199 g/mol. The van der Waals surface area contributed by atoms with Crippen LogP contribution in [0, 0.1) is 11.6 Å². The van der Waals surface area contributed by atoms with Crippen LogP contribution in [0.5, 0.6) is 0 Å². The van der Waals surface area contributed by atoms with E-state index in [9.17, 15) is 13.9 Å². The number of rotatable bonds is 0. The van der Waals surface area contributed by atoms with E-state index in [0.717, 1.165) is 6.07 Å². The third-order valence-electron chi connectivity index (χ3n) is 2.63. The van der Waals surface area contributed by atoms with Crippen molar-refractivity contribution in [2.45, 2.75) is 25.0 Å². The third kappa shape index (κ3) is 1.40. The van der Waals surface area contributed by atoms with Crippen LogP contribution < -0.4 is 5.73 Å². The summed E-state index contributed by atoms with van der Waals surface area (Å²) in [5.74, 6) is -1.31. The highest BCUT2D eigenvalue weighted by atomic mass is 19.1. The Morgan fingerprint density at radius 3 is 2.79 bits per heavy atom. The van der Waals surface area contributed by atoms with Gasteiger partial charge in [0.05, 0.1) is 6.10 Å². The SMILES string of the molecule is NC1CCc2cc(F)cc(F)c2C1O. The Morgan fingerprint density at radius 1 is 1.36 bits per heavy atom. The molecule has 3 N–H and O–H groups in total. The van der Waals surface area contributed by atoms with Gasteiger partial charge in [-0.3, -0.25) is 0 Å². The predicted molar refractivity (Wildman–Crippen MR) is 47.6 cm³/mol. The van der Waals surface area contributed by atoms with Crippen LogP contribution in [-0.4, -0.2) is 11.1 Å².